The molecule has 0 saturated heterocycles. The predicted octanol–water partition coefficient (Wildman–Crippen LogP) is 4.38. The molecule has 1 aliphatic rings. The van der Waals surface area contributed by atoms with Crippen molar-refractivity contribution in [2.75, 3.05) is 7.11 Å². The predicted molar refractivity (Wildman–Crippen MR) is 108 cm³/mol. The van der Waals surface area contributed by atoms with Crippen molar-refractivity contribution in [2.45, 2.75) is 29.2 Å². The zero-order valence-corrected chi connectivity index (χ0v) is 17.5. The van der Waals surface area contributed by atoms with Crippen LogP contribution in [0.4, 0.5) is 8.78 Å². The number of nitrogens with one attached hydrogen (secondary N) is 1. The summed E-state index contributed by atoms with van der Waals surface area (Å²) in [6, 6.07) is 9.25. The van der Waals surface area contributed by atoms with E-state index < -0.39 is 37.4 Å². The minimum atomic E-state index is -4.89. The Hall–Kier alpha value is -2.45. The molecule has 30 heavy (non-hydrogen) atoms. The third-order valence-corrected chi connectivity index (χ3v) is 8.03. The number of carbonyl (C=O) groups excluding carboxylic acids is 1. The number of fused-ring (bicyclic) bond motifs is 3. The smallest absolute Gasteiger partial charge is 0.360 e. The van der Waals surface area contributed by atoms with Gasteiger partial charge in [-0.05, 0) is 61.2 Å². The van der Waals surface area contributed by atoms with Crippen molar-refractivity contribution in [3.05, 3.63) is 64.6 Å². The van der Waals surface area contributed by atoms with Gasteiger partial charge in [0.2, 0.25) is 9.84 Å². The fraction of sp³-hybridized carbons (Fsp3) is 0.286. The summed E-state index contributed by atoms with van der Waals surface area (Å²) in [6.07, 6.45) is 0.413. The Morgan fingerprint density at radius 1 is 1.27 bits per heavy atom. The van der Waals surface area contributed by atoms with Crippen LogP contribution in [0.15, 0.2) is 47.4 Å². The first-order valence-corrected chi connectivity index (χ1v) is 11.1. The topological polar surface area (TPSA) is 76.2 Å². The number of ether oxygens (including phenoxy) is 1. The molecule has 1 aromatic heterocycles. The van der Waals surface area contributed by atoms with Gasteiger partial charge in [-0.25, -0.2) is 22.0 Å². The standard InChI is InChI=1S/C21H18ClF2NO4S/c1-29-20(26)21(24,30(27,28)15-4-2-3-14(23)11-15)12-5-7-16-17-10-13(22)6-8-18(17)25-19(16)9-12/h2-4,6,8,10-12,25H,5,7,9H2,1H3/t12-,21+/m1/s1. The van der Waals surface area contributed by atoms with E-state index in [-0.39, 0.29) is 12.8 Å². The van der Waals surface area contributed by atoms with E-state index in [0.717, 1.165) is 41.8 Å². The van der Waals surface area contributed by atoms with Gasteiger partial charge in [-0.2, -0.15) is 0 Å². The maximum absolute atomic E-state index is 16.3. The lowest BCUT2D eigenvalue weighted by molar-refractivity contribution is -0.152. The van der Waals surface area contributed by atoms with E-state index in [1.54, 1.807) is 18.2 Å². The molecular formula is C21H18ClF2NO4S. The molecule has 4 rings (SSSR count). The lowest BCUT2D eigenvalue weighted by atomic mass is 9.83. The first-order valence-electron chi connectivity index (χ1n) is 9.25. The number of alkyl halides is 1. The van der Waals surface area contributed by atoms with Gasteiger partial charge >= 0.3 is 11.0 Å². The van der Waals surface area contributed by atoms with Gasteiger partial charge in [-0.1, -0.05) is 17.7 Å². The van der Waals surface area contributed by atoms with Crippen molar-refractivity contribution < 1.29 is 26.7 Å². The number of esters is 1. The quantitative estimate of drug-likeness (QED) is 0.595. The molecule has 0 saturated carbocycles. The Labute approximate surface area is 176 Å². The first kappa shape index (κ1) is 20.8. The van der Waals surface area contributed by atoms with Gasteiger partial charge in [0.25, 0.3) is 0 Å². The minimum Gasteiger partial charge on any atom is -0.466 e. The summed E-state index contributed by atoms with van der Waals surface area (Å²) >= 11 is 6.08. The van der Waals surface area contributed by atoms with Crippen LogP contribution in [0.3, 0.4) is 0 Å². The highest BCUT2D eigenvalue weighted by atomic mass is 35.5. The fourth-order valence-corrected chi connectivity index (χ4v) is 6.14. The third kappa shape index (κ3) is 3.09. The number of H-pyrrole nitrogens is 1. The molecule has 9 heteroatoms. The Morgan fingerprint density at radius 3 is 2.73 bits per heavy atom. The van der Waals surface area contributed by atoms with Crippen LogP contribution in [0.1, 0.15) is 17.7 Å². The van der Waals surface area contributed by atoms with Crippen LogP contribution < -0.4 is 0 Å². The number of aryl methyl sites for hydroxylation is 1. The monoisotopic (exact) mass is 453 g/mol. The average Bonchev–Trinajstić information content (AvgIpc) is 3.09. The molecule has 2 atom stereocenters. The highest BCUT2D eigenvalue weighted by Crippen LogP contribution is 2.43. The number of methoxy groups -OCH3 is 1. The van der Waals surface area contributed by atoms with E-state index in [0.29, 0.717) is 23.2 Å². The maximum Gasteiger partial charge on any atom is 0.360 e. The van der Waals surface area contributed by atoms with Gasteiger partial charge < -0.3 is 9.72 Å². The molecule has 0 fully saturated rings. The van der Waals surface area contributed by atoms with Gasteiger partial charge in [-0.15, -0.1) is 0 Å². The summed E-state index contributed by atoms with van der Waals surface area (Å²) in [7, 11) is -3.96. The minimum absolute atomic E-state index is 0.0260. The number of sulfone groups is 1. The van der Waals surface area contributed by atoms with Crippen LogP contribution in [-0.4, -0.2) is 31.5 Å². The largest absolute Gasteiger partial charge is 0.466 e. The summed E-state index contributed by atoms with van der Waals surface area (Å²) in [5, 5.41) is -1.93. The molecule has 0 bridgehead atoms. The average molecular weight is 454 g/mol. The first-order chi connectivity index (χ1) is 14.2. The molecule has 0 amide bonds. The molecule has 0 radical (unpaired) electrons. The summed E-state index contributed by atoms with van der Waals surface area (Å²) in [5.41, 5.74) is 2.35. The number of benzene rings is 2. The molecule has 0 unspecified atom stereocenters. The van der Waals surface area contributed by atoms with Gasteiger partial charge in [0.05, 0.1) is 12.0 Å². The maximum atomic E-state index is 16.3. The molecule has 1 N–H and O–H groups in total. The van der Waals surface area contributed by atoms with Gasteiger partial charge in [0, 0.05) is 27.5 Å². The number of aromatic amines is 1. The molecule has 1 heterocycles. The second kappa shape index (κ2) is 7.35. The van der Waals surface area contributed by atoms with E-state index >= 15 is 4.39 Å². The molecule has 0 aliphatic heterocycles. The number of aromatic nitrogens is 1. The van der Waals surface area contributed by atoms with E-state index in [1.807, 2.05) is 0 Å². The van der Waals surface area contributed by atoms with E-state index in [4.69, 9.17) is 11.6 Å². The Balaban J connectivity index is 1.80. The van der Waals surface area contributed by atoms with Gasteiger partial charge in [0.15, 0.2) is 0 Å². The lowest BCUT2D eigenvalue weighted by Crippen LogP contribution is -2.51. The summed E-state index contributed by atoms with van der Waals surface area (Å²) in [5.74, 6) is -3.57. The normalized spacial score (nSPS) is 18.6. The second-order valence-corrected chi connectivity index (χ2v) is 9.82. The summed E-state index contributed by atoms with van der Waals surface area (Å²) in [4.78, 5) is 15.0. The number of hydrogen-bond acceptors (Lipinski definition) is 4. The fourth-order valence-electron chi connectivity index (χ4n) is 4.16. The molecule has 3 aromatic rings. The van der Waals surface area contributed by atoms with Crippen LogP contribution in [0, 0.1) is 11.7 Å². The molecular weight excluding hydrogens is 436 g/mol. The van der Waals surface area contributed by atoms with Gasteiger partial charge in [-0.3, -0.25) is 0 Å². The van der Waals surface area contributed by atoms with Crippen LogP contribution in [-0.2, 0) is 32.2 Å². The SMILES string of the molecule is COC(=O)[C@](F)([C@@H]1CCc2c([nH]c3ccc(Cl)cc23)C1)S(=O)(=O)c1cccc(F)c1. The Morgan fingerprint density at radius 2 is 2.03 bits per heavy atom. The zero-order chi connectivity index (χ0) is 21.7. The highest BCUT2D eigenvalue weighted by molar-refractivity contribution is 7.93. The van der Waals surface area contributed by atoms with Crippen LogP contribution in [0.2, 0.25) is 5.02 Å². The van der Waals surface area contributed by atoms with Crippen molar-refractivity contribution in [1.82, 2.24) is 4.98 Å². The number of halogens is 3. The Kier molecular flexibility index (Phi) is 5.10. The molecule has 158 valence electrons. The molecule has 1 aliphatic carbocycles. The van der Waals surface area contributed by atoms with E-state index in [9.17, 15) is 17.6 Å². The van der Waals surface area contributed by atoms with E-state index in [2.05, 4.69) is 9.72 Å². The van der Waals surface area contributed by atoms with Crippen molar-refractivity contribution in [3.8, 4) is 0 Å². The molecule has 2 aromatic carbocycles. The van der Waals surface area contributed by atoms with Crippen molar-refractivity contribution in [1.29, 1.82) is 0 Å². The number of carbonyl (C=O) groups is 1. The number of hydrogen-bond donors (Lipinski definition) is 1. The lowest BCUT2D eigenvalue weighted by Gasteiger charge is -2.33. The van der Waals surface area contributed by atoms with Crippen LogP contribution >= 0.6 is 11.6 Å². The van der Waals surface area contributed by atoms with Crippen LogP contribution in [0.25, 0.3) is 10.9 Å². The summed E-state index contributed by atoms with van der Waals surface area (Å²) < 4.78 is 60.8. The van der Waals surface area contributed by atoms with E-state index in [1.165, 1.54) is 0 Å². The van der Waals surface area contributed by atoms with Crippen LogP contribution in [0.5, 0.6) is 0 Å². The highest BCUT2D eigenvalue weighted by Gasteiger charge is 2.59. The number of rotatable bonds is 4. The Bertz CT molecular complexity index is 1260. The molecule has 5 nitrogen and oxygen atoms in total. The molecule has 0 spiro atoms. The zero-order valence-electron chi connectivity index (χ0n) is 15.9. The van der Waals surface area contributed by atoms with Crippen molar-refractivity contribution in [3.63, 3.8) is 0 Å². The van der Waals surface area contributed by atoms with Crippen molar-refractivity contribution in [2.24, 2.45) is 5.92 Å². The van der Waals surface area contributed by atoms with Gasteiger partial charge in [0.1, 0.15) is 5.82 Å². The third-order valence-electron chi connectivity index (χ3n) is 5.64. The van der Waals surface area contributed by atoms with Crippen molar-refractivity contribution >= 4 is 38.3 Å². The summed E-state index contributed by atoms with van der Waals surface area (Å²) in [6.45, 7) is 0. The second-order valence-electron chi connectivity index (χ2n) is 7.31.